The van der Waals surface area contributed by atoms with Gasteiger partial charge in [0.2, 0.25) is 5.91 Å². The van der Waals surface area contributed by atoms with Gasteiger partial charge in [-0.3, -0.25) is 4.79 Å². The van der Waals surface area contributed by atoms with Crippen molar-refractivity contribution >= 4 is 22.8 Å². The molecule has 1 aliphatic heterocycles. The number of piperazine rings is 1. The summed E-state index contributed by atoms with van der Waals surface area (Å²) in [6, 6.07) is 12.7. The number of nitrogens with zero attached hydrogens (tertiary/aromatic N) is 5. The molecule has 9 heteroatoms. The van der Waals surface area contributed by atoms with Gasteiger partial charge in [-0.25, -0.2) is 23.1 Å². The van der Waals surface area contributed by atoms with Crippen LogP contribution < -0.4 is 10.6 Å². The lowest BCUT2D eigenvalue weighted by Crippen LogP contribution is -2.54. The molecule has 40 heavy (non-hydrogen) atoms. The minimum absolute atomic E-state index is 0.00181. The molecule has 206 valence electrons. The van der Waals surface area contributed by atoms with Crippen molar-refractivity contribution in [3.8, 4) is 16.9 Å². The molecule has 0 spiro atoms. The van der Waals surface area contributed by atoms with Crippen LogP contribution in [0.15, 0.2) is 66.0 Å². The highest BCUT2D eigenvalue weighted by atomic mass is 19.1. The molecule has 0 N–H and O–H groups in total. The molecule has 0 aliphatic carbocycles. The molecule has 1 saturated heterocycles. The number of rotatable bonds is 5. The van der Waals surface area contributed by atoms with Crippen molar-refractivity contribution in [3.05, 3.63) is 94.4 Å². The molecule has 1 atom stereocenters. The number of hydrogen-bond donors (Lipinski definition) is 0. The summed E-state index contributed by atoms with van der Waals surface area (Å²) in [6.45, 7) is 12.6. The third-order valence-electron chi connectivity index (χ3n) is 7.43. The van der Waals surface area contributed by atoms with Crippen molar-refractivity contribution in [1.29, 1.82) is 0 Å². The van der Waals surface area contributed by atoms with Gasteiger partial charge in [-0.15, -0.1) is 0 Å². The minimum atomic E-state index is -0.729. The van der Waals surface area contributed by atoms with Crippen LogP contribution in [0, 0.1) is 18.6 Å². The van der Waals surface area contributed by atoms with Gasteiger partial charge in [-0.05, 0) is 55.2 Å². The lowest BCUT2D eigenvalue weighted by atomic mass is 9.98. The predicted octanol–water partition coefficient (Wildman–Crippen LogP) is 5.38. The first kappa shape index (κ1) is 27.2. The van der Waals surface area contributed by atoms with E-state index in [1.165, 1.54) is 34.9 Å². The average Bonchev–Trinajstić information content (AvgIpc) is 2.93. The maximum absolute atomic E-state index is 15.7. The van der Waals surface area contributed by atoms with Crippen LogP contribution >= 0.6 is 0 Å². The Bertz CT molecular complexity index is 1700. The number of carbonyl (C=O) groups excluding carboxylic acids is 1. The summed E-state index contributed by atoms with van der Waals surface area (Å²) in [5, 5.41) is 0.325. The molecule has 4 aromatic rings. The zero-order valence-corrected chi connectivity index (χ0v) is 23.0. The molecular weight excluding hydrogens is 512 g/mol. The minimum Gasteiger partial charge on any atom is -0.350 e. The molecule has 0 bridgehead atoms. The van der Waals surface area contributed by atoms with Crippen LogP contribution in [0.5, 0.6) is 0 Å². The van der Waals surface area contributed by atoms with Crippen molar-refractivity contribution in [2.75, 3.05) is 24.5 Å². The Labute approximate surface area is 231 Å². The second kappa shape index (κ2) is 10.6. The van der Waals surface area contributed by atoms with E-state index >= 15 is 4.39 Å². The lowest BCUT2D eigenvalue weighted by Gasteiger charge is -2.40. The van der Waals surface area contributed by atoms with Gasteiger partial charge in [-0.1, -0.05) is 50.8 Å². The van der Waals surface area contributed by atoms with Crippen LogP contribution in [-0.4, -0.2) is 51.0 Å². The van der Waals surface area contributed by atoms with E-state index in [1.807, 2.05) is 50.8 Å². The van der Waals surface area contributed by atoms with Crippen molar-refractivity contribution in [3.63, 3.8) is 0 Å². The monoisotopic (exact) mass is 543 g/mol. The standard InChI is InChI=1S/C31H31F2N5O2/c1-6-26(39)36-14-15-37(20(5)17-36)29-23-16-25(33)27(22-11-7-8-13-24(22)32)34-30(23)38(31(40)35-29)28-19(4)10-9-12-21(28)18(2)3/h6-13,16,18,20H,1,14-15,17H2,2-5H3. The molecule has 1 amide bonds. The summed E-state index contributed by atoms with van der Waals surface area (Å²) in [5.41, 5.74) is 1.77. The Morgan fingerprint density at radius 3 is 2.50 bits per heavy atom. The molecule has 1 aliphatic rings. The topological polar surface area (TPSA) is 71.3 Å². The van der Waals surface area contributed by atoms with Crippen molar-refractivity contribution in [2.45, 2.75) is 39.7 Å². The van der Waals surface area contributed by atoms with Gasteiger partial charge in [0.15, 0.2) is 5.65 Å². The second-order valence-electron chi connectivity index (χ2n) is 10.4. The number of anilines is 1. The van der Waals surface area contributed by atoms with Crippen LogP contribution in [0.2, 0.25) is 0 Å². The van der Waals surface area contributed by atoms with Crippen molar-refractivity contribution < 1.29 is 13.6 Å². The Balaban J connectivity index is 1.81. The largest absolute Gasteiger partial charge is 0.355 e. The number of aryl methyl sites for hydroxylation is 1. The van der Waals surface area contributed by atoms with Gasteiger partial charge in [0.05, 0.1) is 11.1 Å². The molecule has 5 rings (SSSR count). The summed E-state index contributed by atoms with van der Waals surface area (Å²) in [7, 11) is 0. The summed E-state index contributed by atoms with van der Waals surface area (Å²) in [4.78, 5) is 38.8. The third kappa shape index (κ3) is 4.65. The Morgan fingerprint density at radius 1 is 1.07 bits per heavy atom. The van der Waals surface area contributed by atoms with Crippen LogP contribution in [0.4, 0.5) is 14.6 Å². The second-order valence-corrected chi connectivity index (χ2v) is 10.4. The van der Waals surface area contributed by atoms with Gasteiger partial charge in [0, 0.05) is 31.2 Å². The first-order valence-electron chi connectivity index (χ1n) is 13.3. The fourth-order valence-corrected chi connectivity index (χ4v) is 5.42. The van der Waals surface area contributed by atoms with Gasteiger partial charge in [-0.2, -0.15) is 4.98 Å². The van der Waals surface area contributed by atoms with E-state index in [0.29, 0.717) is 30.7 Å². The van der Waals surface area contributed by atoms with Crippen LogP contribution in [0.25, 0.3) is 28.0 Å². The van der Waals surface area contributed by atoms with E-state index in [1.54, 1.807) is 11.0 Å². The molecular formula is C31H31F2N5O2. The summed E-state index contributed by atoms with van der Waals surface area (Å²) in [6.07, 6.45) is 1.27. The van der Waals surface area contributed by atoms with Crippen LogP contribution in [0.1, 0.15) is 37.8 Å². The number of benzene rings is 2. The molecule has 1 fully saturated rings. The molecule has 3 heterocycles. The summed E-state index contributed by atoms with van der Waals surface area (Å²) in [5.74, 6) is -1.18. The molecule has 1 unspecified atom stereocenters. The zero-order valence-electron chi connectivity index (χ0n) is 23.0. The van der Waals surface area contributed by atoms with Crippen molar-refractivity contribution in [1.82, 2.24) is 19.4 Å². The maximum atomic E-state index is 15.7. The van der Waals surface area contributed by atoms with E-state index in [0.717, 1.165) is 11.1 Å². The fraction of sp³-hybridized carbons (Fsp3) is 0.290. The number of aromatic nitrogens is 3. The van der Waals surface area contributed by atoms with Gasteiger partial charge < -0.3 is 9.80 Å². The number of fused-ring (bicyclic) bond motifs is 1. The molecule has 0 radical (unpaired) electrons. The van der Waals surface area contributed by atoms with E-state index < -0.39 is 17.3 Å². The highest BCUT2D eigenvalue weighted by molar-refractivity contribution is 5.91. The zero-order chi connectivity index (χ0) is 28.7. The highest BCUT2D eigenvalue weighted by Gasteiger charge is 2.30. The average molecular weight is 544 g/mol. The van der Waals surface area contributed by atoms with Gasteiger partial charge in [0.25, 0.3) is 0 Å². The number of pyridine rings is 1. The molecule has 2 aromatic carbocycles. The Hall–Kier alpha value is -4.40. The van der Waals surface area contributed by atoms with E-state index in [2.05, 4.69) is 16.5 Å². The van der Waals surface area contributed by atoms with E-state index in [9.17, 15) is 14.0 Å². The van der Waals surface area contributed by atoms with E-state index in [4.69, 9.17) is 0 Å². The quantitative estimate of drug-likeness (QED) is 0.316. The van der Waals surface area contributed by atoms with Crippen LogP contribution in [-0.2, 0) is 4.79 Å². The number of halogens is 2. The van der Waals surface area contributed by atoms with Gasteiger partial charge in [0.1, 0.15) is 23.1 Å². The number of amides is 1. The Morgan fingerprint density at radius 2 is 1.82 bits per heavy atom. The number of hydrogen-bond acceptors (Lipinski definition) is 5. The van der Waals surface area contributed by atoms with Crippen LogP contribution in [0.3, 0.4) is 0 Å². The predicted molar refractivity (Wildman–Crippen MR) is 153 cm³/mol. The third-order valence-corrected chi connectivity index (χ3v) is 7.43. The van der Waals surface area contributed by atoms with E-state index in [-0.39, 0.29) is 40.6 Å². The van der Waals surface area contributed by atoms with Gasteiger partial charge >= 0.3 is 5.69 Å². The highest BCUT2D eigenvalue weighted by Crippen LogP contribution is 2.34. The SMILES string of the molecule is C=CC(=O)N1CCN(c2nc(=O)n(-c3c(C)cccc3C(C)C)c3nc(-c4ccccc4F)c(F)cc23)C(C)C1. The first-order valence-corrected chi connectivity index (χ1v) is 13.3. The summed E-state index contributed by atoms with van der Waals surface area (Å²) >= 11 is 0. The number of carbonyl (C=O) groups is 1. The smallest absolute Gasteiger partial charge is 0.350 e. The van der Waals surface area contributed by atoms with Crippen molar-refractivity contribution in [2.24, 2.45) is 0 Å². The summed E-state index contributed by atoms with van der Waals surface area (Å²) < 4.78 is 32.0. The first-order chi connectivity index (χ1) is 19.1. The molecule has 2 aromatic heterocycles. The molecule has 7 nitrogen and oxygen atoms in total. The normalized spacial score (nSPS) is 15.6. The fourth-order valence-electron chi connectivity index (χ4n) is 5.42. The number of para-hydroxylation sites is 1. The maximum Gasteiger partial charge on any atom is 0.355 e. The lowest BCUT2D eigenvalue weighted by molar-refractivity contribution is -0.126. The molecule has 0 saturated carbocycles. The Kier molecular flexibility index (Phi) is 7.23.